The Kier molecular flexibility index (Phi) is 4.01. The van der Waals surface area contributed by atoms with Gasteiger partial charge in [0.2, 0.25) is 0 Å². The SMILES string of the molecule is FC(F)(F)C(F)(F)c1[c]c2ccccc2cc1C(F)(F)C(F)(F)F. The van der Waals surface area contributed by atoms with Crippen LogP contribution in [0.1, 0.15) is 11.1 Å². The van der Waals surface area contributed by atoms with Crippen LogP contribution in [0.15, 0.2) is 30.3 Å². The van der Waals surface area contributed by atoms with Gasteiger partial charge in [-0.15, -0.1) is 0 Å². The van der Waals surface area contributed by atoms with Crippen LogP contribution >= 0.6 is 0 Å². The van der Waals surface area contributed by atoms with Crippen LogP contribution in [0.4, 0.5) is 43.9 Å². The standard InChI is InChI=1S/C14H5F10/c15-11(16,13(19,20)21)9-5-7-3-1-2-4-8(7)6-10(9)12(17,18)14(22,23)24/h1-5H. The maximum absolute atomic E-state index is 13.5. The normalized spacial score (nSPS) is 14.2. The predicted octanol–water partition coefficient (Wildman–Crippen LogP) is 5.95. The van der Waals surface area contributed by atoms with Crippen molar-refractivity contribution in [1.29, 1.82) is 0 Å². The molecule has 131 valence electrons. The van der Waals surface area contributed by atoms with Gasteiger partial charge in [0.15, 0.2) is 0 Å². The zero-order valence-electron chi connectivity index (χ0n) is 11.2. The van der Waals surface area contributed by atoms with Gasteiger partial charge in [-0.1, -0.05) is 24.3 Å². The largest absolute Gasteiger partial charge is 0.458 e. The smallest absolute Gasteiger partial charge is 0.191 e. The van der Waals surface area contributed by atoms with Crippen molar-refractivity contribution in [2.75, 3.05) is 0 Å². The third-order valence-corrected chi connectivity index (χ3v) is 3.15. The summed E-state index contributed by atoms with van der Waals surface area (Å²) in [5.41, 5.74) is -5.05. The lowest BCUT2D eigenvalue weighted by atomic mass is 9.92. The van der Waals surface area contributed by atoms with Gasteiger partial charge in [-0.2, -0.15) is 43.9 Å². The maximum atomic E-state index is 13.5. The molecule has 2 aromatic rings. The number of halogens is 10. The Morgan fingerprint density at radius 2 is 1.17 bits per heavy atom. The molecule has 0 aliphatic heterocycles. The van der Waals surface area contributed by atoms with Crippen molar-refractivity contribution < 1.29 is 43.9 Å². The molecule has 0 unspecified atom stereocenters. The first kappa shape index (κ1) is 18.3. The summed E-state index contributed by atoms with van der Waals surface area (Å²) < 4.78 is 129. The van der Waals surface area contributed by atoms with Crippen LogP contribution in [0.3, 0.4) is 0 Å². The fraction of sp³-hybridized carbons (Fsp3) is 0.286. The summed E-state index contributed by atoms with van der Waals surface area (Å²) in [5, 5.41) is -0.851. The van der Waals surface area contributed by atoms with E-state index in [1.54, 1.807) is 0 Å². The number of hydrogen-bond donors (Lipinski definition) is 0. The molecule has 0 saturated carbocycles. The molecular weight excluding hydrogens is 358 g/mol. The minimum absolute atomic E-state index is 0.0334. The Hall–Kier alpha value is -2.00. The summed E-state index contributed by atoms with van der Waals surface area (Å²) in [4.78, 5) is 0. The van der Waals surface area contributed by atoms with Crippen molar-refractivity contribution in [2.45, 2.75) is 24.2 Å². The van der Waals surface area contributed by atoms with Gasteiger partial charge in [0.25, 0.3) is 0 Å². The summed E-state index contributed by atoms with van der Waals surface area (Å²) in [6.45, 7) is 0. The highest BCUT2D eigenvalue weighted by molar-refractivity contribution is 5.84. The Balaban J connectivity index is 2.89. The van der Waals surface area contributed by atoms with Gasteiger partial charge in [0.05, 0.1) is 0 Å². The van der Waals surface area contributed by atoms with Gasteiger partial charge >= 0.3 is 24.2 Å². The minimum atomic E-state index is -6.37. The lowest BCUT2D eigenvalue weighted by molar-refractivity contribution is -0.301. The number of hydrogen-bond acceptors (Lipinski definition) is 0. The summed E-state index contributed by atoms with van der Waals surface area (Å²) in [6, 6.07) is 5.64. The van der Waals surface area contributed by atoms with E-state index >= 15 is 0 Å². The summed E-state index contributed by atoms with van der Waals surface area (Å²) in [5.74, 6) is -11.9. The highest BCUT2D eigenvalue weighted by Gasteiger charge is 2.65. The molecule has 0 spiro atoms. The first-order chi connectivity index (χ1) is 10.7. The number of alkyl halides is 10. The minimum Gasteiger partial charge on any atom is -0.191 e. The van der Waals surface area contributed by atoms with Crippen molar-refractivity contribution in [2.24, 2.45) is 0 Å². The van der Waals surface area contributed by atoms with E-state index in [9.17, 15) is 43.9 Å². The number of fused-ring (bicyclic) bond motifs is 1. The fourth-order valence-electron chi connectivity index (χ4n) is 1.96. The van der Waals surface area contributed by atoms with E-state index in [1.165, 1.54) is 18.2 Å². The zero-order chi connectivity index (χ0) is 18.6. The number of rotatable bonds is 2. The molecule has 0 N–H and O–H groups in total. The molecule has 2 rings (SSSR count). The summed E-state index contributed by atoms with van der Waals surface area (Å²) in [7, 11) is 0. The lowest BCUT2D eigenvalue weighted by Crippen LogP contribution is -2.40. The van der Waals surface area contributed by atoms with E-state index < -0.39 is 46.1 Å². The van der Waals surface area contributed by atoms with Crippen molar-refractivity contribution in [3.05, 3.63) is 47.5 Å². The Morgan fingerprint density at radius 3 is 1.67 bits per heavy atom. The van der Waals surface area contributed by atoms with Crippen molar-refractivity contribution in [1.82, 2.24) is 0 Å². The van der Waals surface area contributed by atoms with Gasteiger partial charge in [-0.25, -0.2) is 0 Å². The molecule has 0 amide bonds. The maximum Gasteiger partial charge on any atom is 0.458 e. The Morgan fingerprint density at radius 1 is 0.667 bits per heavy atom. The molecule has 0 aliphatic rings. The molecule has 24 heavy (non-hydrogen) atoms. The van der Waals surface area contributed by atoms with Crippen LogP contribution in [0.25, 0.3) is 10.8 Å². The molecule has 0 fully saturated rings. The lowest BCUT2D eigenvalue weighted by Gasteiger charge is -2.27. The van der Waals surface area contributed by atoms with Crippen LogP contribution in [-0.2, 0) is 11.8 Å². The zero-order valence-corrected chi connectivity index (χ0v) is 11.2. The second kappa shape index (κ2) is 5.25. The first-order valence-corrected chi connectivity index (χ1v) is 6.04. The van der Waals surface area contributed by atoms with Crippen LogP contribution in [0.2, 0.25) is 0 Å². The van der Waals surface area contributed by atoms with Crippen molar-refractivity contribution in [3.8, 4) is 0 Å². The van der Waals surface area contributed by atoms with E-state index in [0.717, 1.165) is 12.1 Å². The van der Waals surface area contributed by atoms with E-state index in [-0.39, 0.29) is 6.07 Å². The molecule has 10 heteroatoms. The van der Waals surface area contributed by atoms with Crippen LogP contribution in [0.5, 0.6) is 0 Å². The quantitative estimate of drug-likeness (QED) is 0.579. The molecule has 0 bridgehead atoms. The Bertz CT molecular complexity index is 690. The average Bonchev–Trinajstić information content (AvgIpc) is 2.43. The van der Waals surface area contributed by atoms with Gasteiger partial charge in [0.1, 0.15) is 0 Å². The molecule has 2 aromatic carbocycles. The van der Waals surface area contributed by atoms with E-state index in [1.807, 2.05) is 0 Å². The first-order valence-electron chi connectivity index (χ1n) is 6.04. The summed E-state index contributed by atoms with van der Waals surface area (Å²) >= 11 is 0. The fourth-order valence-corrected chi connectivity index (χ4v) is 1.96. The van der Waals surface area contributed by atoms with Crippen LogP contribution in [-0.4, -0.2) is 12.4 Å². The average molecular weight is 363 g/mol. The van der Waals surface area contributed by atoms with E-state index in [0.29, 0.717) is 0 Å². The Labute approximate surface area is 127 Å². The second-order valence-corrected chi connectivity index (χ2v) is 4.79. The molecule has 1 radical (unpaired) electrons. The van der Waals surface area contributed by atoms with Gasteiger partial charge in [-0.3, -0.25) is 0 Å². The number of benzene rings is 2. The molecule has 0 saturated heterocycles. The highest BCUT2D eigenvalue weighted by Crippen LogP contribution is 2.52. The van der Waals surface area contributed by atoms with Crippen LogP contribution < -0.4 is 0 Å². The predicted molar refractivity (Wildman–Crippen MR) is 62.7 cm³/mol. The molecule has 0 atom stereocenters. The third kappa shape index (κ3) is 2.78. The molecule has 0 heterocycles. The molecule has 0 aromatic heterocycles. The second-order valence-electron chi connectivity index (χ2n) is 4.79. The van der Waals surface area contributed by atoms with Crippen molar-refractivity contribution in [3.63, 3.8) is 0 Å². The van der Waals surface area contributed by atoms with Gasteiger partial charge in [0, 0.05) is 17.2 Å². The monoisotopic (exact) mass is 363 g/mol. The van der Waals surface area contributed by atoms with Gasteiger partial charge in [-0.05, 0) is 16.8 Å². The van der Waals surface area contributed by atoms with E-state index in [2.05, 4.69) is 0 Å². The molecular formula is C14H5F10. The summed E-state index contributed by atoms with van der Waals surface area (Å²) in [6.07, 6.45) is -12.7. The van der Waals surface area contributed by atoms with Crippen LogP contribution in [0, 0.1) is 6.07 Å². The molecule has 0 nitrogen and oxygen atoms in total. The molecule has 0 aliphatic carbocycles. The van der Waals surface area contributed by atoms with Crippen molar-refractivity contribution >= 4 is 10.8 Å². The topological polar surface area (TPSA) is 0 Å². The van der Waals surface area contributed by atoms with Gasteiger partial charge < -0.3 is 0 Å². The highest BCUT2D eigenvalue weighted by atomic mass is 19.4. The van der Waals surface area contributed by atoms with E-state index in [4.69, 9.17) is 0 Å². The third-order valence-electron chi connectivity index (χ3n) is 3.15.